The van der Waals surface area contributed by atoms with Gasteiger partial charge < -0.3 is 45.5 Å². The van der Waals surface area contributed by atoms with Crippen molar-refractivity contribution in [3.05, 3.63) is 104 Å². The van der Waals surface area contributed by atoms with E-state index in [2.05, 4.69) is 5.73 Å². The Kier molecular flexibility index (Phi) is 13.2. The summed E-state index contributed by atoms with van der Waals surface area (Å²) in [6, 6.07) is 14.2. The van der Waals surface area contributed by atoms with E-state index in [1.165, 1.54) is 38.0 Å². The van der Waals surface area contributed by atoms with Crippen LogP contribution in [0.2, 0.25) is 10.0 Å². The third kappa shape index (κ3) is 7.73. The second kappa shape index (κ2) is 16.5. The van der Waals surface area contributed by atoms with Crippen LogP contribution in [-0.4, -0.2) is 82.9 Å². The summed E-state index contributed by atoms with van der Waals surface area (Å²) in [5, 5.41) is 50.1. The lowest BCUT2D eigenvalue weighted by Gasteiger charge is -2.40. The molecular weight excluding hydrogens is 718 g/mol. The first kappa shape index (κ1) is 41.6. The van der Waals surface area contributed by atoms with Gasteiger partial charge in [-0.05, 0) is 78.3 Å². The van der Waals surface area contributed by atoms with Crippen molar-refractivity contribution in [2.75, 3.05) is 40.1 Å². The molecule has 2 aliphatic heterocycles. The number of benzene rings is 3. The molecule has 52 heavy (non-hydrogen) atoms. The van der Waals surface area contributed by atoms with Gasteiger partial charge >= 0.3 is 0 Å². The van der Waals surface area contributed by atoms with Gasteiger partial charge in [-0.25, -0.2) is 4.39 Å². The van der Waals surface area contributed by atoms with Gasteiger partial charge in [0.1, 0.15) is 25.6 Å². The Bertz CT molecular complexity index is 1740. The third-order valence-electron chi connectivity index (χ3n) is 10.3. The Labute approximate surface area is 312 Å². The number of nitrogens with zero attached hydrogens (tertiary/aromatic N) is 1. The lowest BCUT2D eigenvalue weighted by molar-refractivity contribution is -0.494. The van der Waals surface area contributed by atoms with Crippen molar-refractivity contribution < 1.29 is 54.7 Å². The van der Waals surface area contributed by atoms with Crippen LogP contribution in [0, 0.1) is 11.7 Å². The highest BCUT2D eigenvalue weighted by molar-refractivity contribution is 6.31. The fourth-order valence-electron chi connectivity index (χ4n) is 6.88. The van der Waals surface area contributed by atoms with Gasteiger partial charge in [0.15, 0.2) is 11.3 Å². The van der Waals surface area contributed by atoms with Crippen LogP contribution in [0.3, 0.4) is 0 Å². The molecule has 7 N–H and O–H groups in total. The molecule has 1 saturated heterocycles. The predicted octanol–water partition coefficient (Wildman–Crippen LogP) is 2.63. The van der Waals surface area contributed by atoms with Gasteiger partial charge in [-0.15, -0.1) is 0 Å². The number of quaternary nitrogens is 1. The number of carboxylic acids is 1. The molecule has 0 aliphatic carbocycles. The average molecular weight is 766 g/mol. The molecule has 3 aromatic rings. The van der Waals surface area contributed by atoms with Crippen molar-refractivity contribution >= 4 is 35.1 Å². The van der Waals surface area contributed by atoms with E-state index in [1.807, 2.05) is 6.92 Å². The molecule has 0 aromatic heterocycles. The predicted molar refractivity (Wildman–Crippen MR) is 190 cm³/mol. The smallest absolute Gasteiger partial charge is 0.257 e. The number of fused-ring (bicyclic) bond motifs is 1. The summed E-state index contributed by atoms with van der Waals surface area (Å²) in [7, 11) is 1.38. The summed E-state index contributed by atoms with van der Waals surface area (Å²) < 4.78 is 28.3. The number of rotatable bonds is 12. The van der Waals surface area contributed by atoms with Gasteiger partial charge in [0.05, 0.1) is 22.7 Å². The highest BCUT2D eigenvalue weighted by Crippen LogP contribution is 2.50. The lowest BCUT2D eigenvalue weighted by Crippen LogP contribution is -2.78. The molecule has 2 aliphatic rings. The molecule has 3 aromatic carbocycles. The molecule has 2 heterocycles. The van der Waals surface area contributed by atoms with E-state index in [4.69, 9.17) is 48.0 Å². The quantitative estimate of drug-likeness (QED) is 0.185. The number of hydrogen-bond acceptors (Lipinski definition) is 9. The first-order chi connectivity index (χ1) is 24.5. The maximum absolute atomic E-state index is 16.6. The van der Waals surface area contributed by atoms with Crippen LogP contribution in [0.1, 0.15) is 78.2 Å². The molecule has 0 unspecified atom stereocenters. The monoisotopic (exact) mass is 764 g/mol. The third-order valence-corrected chi connectivity index (χ3v) is 10.8. The number of methoxy groups -OCH3 is 1. The SMILES string of the molecule is CC[C@@](O)(c1cc(F)c2c(c1)C(=O)N(Cc1ccc(Cl)cc1C(C)(C)C(=O)[O-])[C@@]2(OC)c1ccc(Cl)cc1)C1CCOCC1.[NH3+]C(CO)(CO)CO. The van der Waals surface area contributed by atoms with E-state index >= 15 is 4.39 Å². The molecule has 14 heteroatoms. The number of carbonyl (C=O) groups is 2. The van der Waals surface area contributed by atoms with Gasteiger partial charge in [-0.1, -0.05) is 62.2 Å². The van der Waals surface area contributed by atoms with Crippen molar-refractivity contribution in [2.24, 2.45) is 5.92 Å². The number of carboxylic acid groups (broad SMARTS) is 1. The normalized spacial score (nSPS) is 19.2. The molecule has 0 bridgehead atoms. The van der Waals surface area contributed by atoms with E-state index in [0.29, 0.717) is 64.8 Å². The standard InChI is InChI=1S/C34H36Cl2FNO6.C4H11NO3/c1-5-33(42,21-12-14-44-15-13-21)23-16-26-29(28(37)17-23)34(43-4,22-7-10-24(35)11-8-22)38(30(26)39)19-20-6-9-25(36)18-27(20)32(2,3)31(40)41;5-4(1-6,2-7)3-8/h6-11,16-18,21,42H,5,12-15,19H2,1-4H3,(H,40,41);6-8H,1-3,5H2/t33-,34+;/m0./s1. The Balaban J connectivity index is 0.000000677. The van der Waals surface area contributed by atoms with Crippen LogP contribution in [0.25, 0.3) is 0 Å². The fraction of sp³-hybridized carbons (Fsp3) is 0.474. The number of aliphatic carboxylic acids is 1. The zero-order valence-corrected chi connectivity index (χ0v) is 31.3. The summed E-state index contributed by atoms with van der Waals surface area (Å²) in [4.78, 5) is 28.0. The molecule has 1 amide bonds. The van der Waals surface area contributed by atoms with Gasteiger partial charge in [0.25, 0.3) is 5.91 Å². The first-order valence-electron chi connectivity index (χ1n) is 17.0. The summed E-state index contributed by atoms with van der Waals surface area (Å²) in [5.74, 6) is -2.76. The highest BCUT2D eigenvalue weighted by Gasteiger charge is 2.55. The number of halogens is 3. The Morgan fingerprint density at radius 2 is 1.62 bits per heavy atom. The molecule has 1 fully saturated rings. The summed E-state index contributed by atoms with van der Waals surface area (Å²) in [6.45, 7) is 4.77. The van der Waals surface area contributed by atoms with E-state index in [-0.39, 0.29) is 43.4 Å². The molecule has 284 valence electrons. The highest BCUT2D eigenvalue weighted by atomic mass is 35.5. The van der Waals surface area contributed by atoms with Crippen molar-refractivity contribution in [1.82, 2.24) is 4.90 Å². The molecule has 0 saturated carbocycles. The van der Waals surface area contributed by atoms with E-state index in [0.717, 1.165) is 0 Å². The van der Waals surface area contributed by atoms with E-state index in [1.54, 1.807) is 42.5 Å². The Morgan fingerprint density at radius 1 is 1.04 bits per heavy atom. The molecule has 5 rings (SSSR count). The first-order valence-corrected chi connectivity index (χ1v) is 17.7. The summed E-state index contributed by atoms with van der Waals surface area (Å²) in [6.07, 6.45) is 1.51. The second-order valence-corrected chi connectivity index (χ2v) is 14.9. The van der Waals surface area contributed by atoms with Crippen molar-refractivity contribution in [3.63, 3.8) is 0 Å². The van der Waals surface area contributed by atoms with Crippen molar-refractivity contribution in [1.29, 1.82) is 0 Å². The summed E-state index contributed by atoms with van der Waals surface area (Å²) in [5.41, 5.74) is -0.578. The van der Waals surface area contributed by atoms with Gasteiger partial charge in [-0.3, -0.25) is 9.69 Å². The summed E-state index contributed by atoms with van der Waals surface area (Å²) >= 11 is 12.5. The van der Waals surface area contributed by atoms with Crippen LogP contribution in [0.5, 0.6) is 0 Å². The van der Waals surface area contributed by atoms with Crippen LogP contribution in [0.15, 0.2) is 54.6 Å². The fourth-order valence-corrected chi connectivity index (χ4v) is 7.18. The van der Waals surface area contributed by atoms with Gasteiger partial charge in [0.2, 0.25) is 0 Å². The second-order valence-electron chi connectivity index (χ2n) is 14.0. The lowest BCUT2D eigenvalue weighted by atomic mass is 9.74. The zero-order chi connectivity index (χ0) is 38.6. The Morgan fingerprint density at radius 3 is 2.12 bits per heavy atom. The van der Waals surface area contributed by atoms with Crippen molar-refractivity contribution in [2.45, 2.75) is 68.9 Å². The minimum Gasteiger partial charge on any atom is -0.549 e. The van der Waals surface area contributed by atoms with Crippen LogP contribution >= 0.6 is 23.2 Å². The molecular formula is C38H47Cl2FN2O9. The minimum atomic E-state index is -1.74. The molecule has 0 spiro atoms. The van der Waals surface area contributed by atoms with Crippen LogP contribution < -0.4 is 10.8 Å². The van der Waals surface area contributed by atoms with Crippen molar-refractivity contribution in [3.8, 4) is 0 Å². The van der Waals surface area contributed by atoms with Crippen LogP contribution in [-0.2, 0) is 37.6 Å². The molecule has 11 nitrogen and oxygen atoms in total. The zero-order valence-electron chi connectivity index (χ0n) is 29.8. The number of aliphatic hydroxyl groups excluding tert-OH is 3. The number of ether oxygens (including phenoxy) is 2. The van der Waals surface area contributed by atoms with E-state index in [9.17, 15) is 19.8 Å². The average Bonchev–Trinajstić information content (AvgIpc) is 3.39. The van der Waals surface area contributed by atoms with Gasteiger partial charge in [0, 0.05) is 47.9 Å². The Hall–Kier alpha value is -3.17. The van der Waals surface area contributed by atoms with Crippen LogP contribution in [0.4, 0.5) is 4.39 Å². The number of carbonyl (C=O) groups excluding carboxylic acids is 2. The molecule has 2 atom stereocenters. The van der Waals surface area contributed by atoms with Gasteiger partial charge in [-0.2, -0.15) is 0 Å². The minimum absolute atomic E-state index is 0.00354. The maximum atomic E-state index is 16.6. The largest absolute Gasteiger partial charge is 0.549 e. The molecule has 0 radical (unpaired) electrons. The van der Waals surface area contributed by atoms with E-state index < -0.39 is 40.0 Å². The number of hydrogen-bond donors (Lipinski definition) is 5. The number of amides is 1. The number of aliphatic hydroxyl groups is 4. The topological polar surface area (TPSA) is 187 Å². The maximum Gasteiger partial charge on any atom is 0.257 e.